The molecule has 0 saturated carbocycles. The minimum atomic E-state index is 0.207. The van der Waals surface area contributed by atoms with E-state index in [4.69, 9.17) is 17.3 Å². The number of anilines is 3. The van der Waals surface area contributed by atoms with Gasteiger partial charge >= 0.3 is 0 Å². The molecule has 3 N–H and O–H groups in total. The number of hydrogen-bond acceptors (Lipinski definition) is 5. The maximum Gasteiger partial charge on any atom is 0.222 e. The zero-order chi connectivity index (χ0) is 19.5. The molecule has 0 amide bonds. The van der Waals surface area contributed by atoms with Gasteiger partial charge < -0.3 is 16.0 Å². The number of fused-ring (bicyclic) bond motifs is 1. The highest BCUT2D eigenvalue weighted by atomic mass is 35.5. The molecular formula is C22H22ClN5. The van der Waals surface area contributed by atoms with Crippen LogP contribution in [0.4, 0.5) is 17.5 Å². The normalized spacial score (nSPS) is 13.1. The molecule has 0 radical (unpaired) electrons. The largest absolute Gasteiger partial charge is 0.368 e. The standard InChI is InChI=1S/C22H22ClN5/c1-15-6-5-7-16-12-18(10-11-25-21-20(23)13-26-22(24)27-21)28(14-19(15)16)17-8-3-2-4-9-17/h2-9,12-13H,10-11,14H2,1H3,(H3,24,25,26,27). The first-order valence-corrected chi connectivity index (χ1v) is 9.63. The third-order valence-electron chi connectivity index (χ3n) is 4.94. The summed E-state index contributed by atoms with van der Waals surface area (Å²) >= 11 is 6.16. The summed E-state index contributed by atoms with van der Waals surface area (Å²) in [7, 11) is 0. The zero-order valence-corrected chi connectivity index (χ0v) is 16.4. The van der Waals surface area contributed by atoms with Crippen molar-refractivity contribution in [1.82, 2.24) is 9.97 Å². The Hall–Kier alpha value is -3.05. The van der Waals surface area contributed by atoms with Gasteiger partial charge in [-0.05, 0) is 41.8 Å². The van der Waals surface area contributed by atoms with E-state index >= 15 is 0 Å². The fourth-order valence-electron chi connectivity index (χ4n) is 3.48. The molecule has 28 heavy (non-hydrogen) atoms. The van der Waals surface area contributed by atoms with Crippen LogP contribution in [0.15, 0.2) is 60.4 Å². The number of nitrogens with zero attached hydrogens (tertiary/aromatic N) is 3. The molecule has 1 aliphatic heterocycles. The number of rotatable bonds is 5. The van der Waals surface area contributed by atoms with Crippen molar-refractivity contribution in [3.8, 4) is 0 Å². The first kappa shape index (κ1) is 18.3. The number of halogens is 1. The van der Waals surface area contributed by atoms with E-state index in [-0.39, 0.29) is 5.95 Å². The second-order valence-electron chi connectivity index (χ2n) is 6.80. The van der Waals surface area contributed by atoms with Crippen molar-refractivity contribution in [3.05, 3.63) is 82.1 Å². The van der Waals surface area contributed by atoms with Crippen LogP contribution in [0.1, 0.15) is 23.1 Å². The Balaban J connectivity index is 1.59. The van der Waals surface area contributed by atoms with Crippen molar-refractivity contribution in [3.63, 3.8) is 0 Å². The van der Waals surface area contributed by atoms with E-state index in [1.165, 1.54) is 34.3 Å². The van der Waals surface area contributed by atoms with Crippen LogP contribution in [0.5, 0.6) is 0 Å². The summed E-state index contributed by atoms with van der Waals surface area (Å²) in [5.74, 6) is 0.771. The lowest BCUT2D eigenvalue weighted by atomic mass is 9.95. The number of para-hydroxylation sites is 1. The summed E-state index contributed by atoms with van der Waals surface area (Å²) in [5.41, 5.74) is 12.1. The number of benzene rings is 2. The molecule has 4 rings (SSSR count). The molecule has 142 valence electrons. The molecule has 5 nitrogen and oxygen atoms in total. The minimum Gasteiger partial charge on any atom is -0.368 e. The van der Waals surface area contributed by atoms with Crippen LogP contribution in [-0.2, 0) is 6.54 Å². The minimum absolute atomic E-state index is 0.207. The SMILES string of the molecule is Cc1cccc2c1CN(c1ccccc1)C(CCNc1nc(N)ncc1Cl)=C2. The van der Waals surface area contributed by atoms with Crippen molar-refractivity contribution in [2.75, 3.05) is 22.5 Å². The molecule has 1 aliphatic rings. The predicted octanol–water partition coefficient (Wildman–Crippen LogP) is 4.88. The Morgan fingerprint density at radius 3 is 2.79 bits per heavy atom. The molecule has 0 fully saturated rings. The second kappa shape index (κ2) is 7.90. The smallest absolute Gasteiger partial charge is 0.222 e. The molecule has 0 aliphatic carbocycles. The summed E-state index contributed by atoms with van der Waals surface area (Å²) in [6.45, 7) is 3.72. The maximum atomic E-state index is 6.16. The van der Waals surface area contributed by atoms with Gasteiger partial charge in [0.1, 0.15) is 10.8 Å². The molecule has 2 aromatic carbocycles. The average Bonchev–Trinajstić information content (AvgIpc) is 2.71. The van der Waals surface area contributed by atoms with Crippen LogP contribution in [0.25, 0.3) is 6.08 Å². The lowest BCUT2D eigenvalue weighted by Gasteiger charge is -2.33. The number of aryl methyl sites for hydroxylation is 1. The Labute approximate surface area is 169 Å². The molecular weight excluding hydrogens is 370 g/mol. The highest BCUT2D eigenvalue weighted by Crippen LogP contribution is 2.32. The van der Waals surface area contributed by atoms with Crippen LogP contribution in [0.3, 0.4) is 0 Å². The van der Waals surface area contributed by atoms with E-state index in [9.17, 15) is 0 Å². The van der Waals surface area contributed by atoms with Gasteiger partial charge in [-0.15, -0.1) is 0 Å². The fraction of sp³-hybridized carbons (Fsp3) is 0.182. The molecule has 0 saturated heterocycles. The lowest BCUT2D eigenvalue weighted by Crippen LogP contribution is -2.27. The van der Waals surface area contributed by atoms with Crippen LogP contribution < -0.4 is 16.0 Å². The van der Waals surface area contributed by atoms with E-state index in [0.717, 1.165) is 13.0 Å². The summed E-state index contributed by atoms with van der Waals surface area (Å²) in [6, 6.07) is 16.9. The third-order valence-corrected chi connectivity index (χ3v) is 5.21. The van der Waals surface area contributed by atoms with Crippen molar-refractivity contribution < 1.29 is 0 Å². The second-order valence-corrected chi connectivity index (χ2v) is 7.21. The van der Waals surface area contributed by atoms with Crippen molar-refractivity contribution in [2.24, 2.45) is 0 Å². The average molecular weight is 392 g/mol. The highest BCUT2D eigenvalue weighted by Gasteiger charge is 2.20. The predicted molar refractivity (Wildman–Crippen MR) is 116 cm³/mol. The molecule has 0 spiro atoms. The molecule has 0 unspecified atom stereocenters. The van der Waals surface area contributed by atoms with Crippen LogP contribution >= 0.6 is 11.6 Å². The van der Waals surface area contributed by atoms with Gasteiger partial charge in [0.25, 0.3) is 0 Å². The zero-order valence-electron chi connectivity index (χ0n) is 15.7. The Bertz CT molecular complexity index is 1020. The quantitative estimate of drug-likeness (QED) is 0.648. The molecule has 0 atom stereocenters. The lowest BCUT2D eigenvalue weighted by molar-refractivity contribution is 0.829. The fourth-order valence-corrected chi connectivity index (χ4v) is 3.64. The number of hydrogen-bond donors (Lipinski definition) is 2. The molecule has 2 heterocycles. The van der Waals surface area contributed by atoms with E-state index in [1.807, 2.05) is 6.07 Å². The number of aromatic nitrogens is 2. The van der Waals surface area contributed by atoms with Gasteiger partial charge in [0, 0.05) is 30.9 Å². The van der Waals surface area contributed by atoms with Gasteiger partial charge in [0.2, 0.25) is 5.95 Å². The van der Waals surface area contributed by atoms with Crippen LogP contribution in [0.2, 0.25) is 5.02 Å². The topological polar surface area (TPSA) is 67.1 Å². The molecule has 0 bridgehead atoms. The first-order valence-electron chi connectivity index (χ1n) is 9.25. The van der Waals surface area contributed by atoms with Crippen molar-refractivity contribution >= 4 is 35.1 Å². The van der Waals surface area contributed by atoms with Gasteiger partial charge in [-0.25, -0.2) is 4.98 Å². The maximum absolute atomic E-state index is 6.16. The van der Waals surface area contributed by atoms with E-state index in [2.05, 4.69) is 75.6 Å². The Morgan fingerprint density at radius 1 is 1.14 bits per heavy atom. The van der Waals surface area contributed by atoms with Gasteiger partial charge in [0.15, 0.2) is 0 Å². The number of nitrogens with two attached hydrogens (primary N) is 1. The van der Waals surface area contributed by atoms with Gasteiger partial charge in [-0.1, -0.05) is 48.0 Å². The van der Waals surface area contributed by atoms with Gasteiger partial charge in [-0.3, -0.25) is 0 Å². The van der Waals surface area contributed by atoms with E-state index in [1.54, 1.807) is 0 Å². The number of nitrogen functional groups attached to an aromatic ring is 1. The molecule has 1 aromatic heterocycles. The first-order chi connectivity index (χ1) is 13.6. The van der Waals surface area contributed by atoms with Gasteiger partial charge in [-0.2, -0.15) is 4.98 Å². The van der Waals surface area contributed by atoms with Crippen LogP contribution in [-0.4, -0.2) is 16.5 Å². The summed E-state index contributed by atoms with van der Waals surface area (Å²) in [6.07, 6.45) is 4.61. The molecule has 6 heteroatoms. The molecule has 3 aromatic rings. The Kier molecular flexibility index (Phi) is 5.17. The van der Waals surface area contributed by atoms with E-state index < -0.39 is 0 Å². The monoisotopic (exact) mass is 391 g/mol. The number of nitrogens with one attached hydrogen (secondary N) is 1. The van der Waals surface area contributed by atoms with E-state index in [0.29, 0.717) is 17.4 Å². The third kappa shape index (κ3) is 3.80. The summed E-state index contributed by atoms with van der Waals surface area (Å²) < 4.78 is 0. The summed E-state index contributed by atoms with van der Waals surface area (Å²) in [5, 5.41) is 3.74. The summed E-state index contributed by atoms with van der Waals surface area (Å²) in [4.78, 5) is 10.4. The highest BCUT2D eigenvalue weighted by molar-refractivity contribution is 6.32. The van der Waals surface area contributed by atoms with Gasteiger partial charge in [0.05, 0.1) is 6.20 Å². The van der Waals surface area contributed by atoms with Crippen LogP contribution in [0, 0.1) is 6.92 Å². The Morgan fingerprint density at radius 2 is 1.96 bits per heavy atom. The van der Waals surface area contributed by atoms with Crippen molar-refractivity contribution in [2.45, 2.75) is 19.9 Å². The van der Waals surface area contributed by atoms with Crippen molar-refractivity contribution in [1.29, 1.82) is 0 Å².